The Morgan fingerprint density at radius 3 is 2.87 bits per heavy atom. The lowest BCUT2D eigenvalue weighted by Crippen LogP contribution is -2.43. The lowest BCUT2D eigenvalue weighted by molar-refractivity contribution is -0.120. The molecule has 3 unspecified atom stereocenters. The van der Waals surface area contributed by atoms with Crippen LogP contribution < -0.4 is 11.1 Å². The zero-order chi connectivity index (χ0) is 11.3. The molecule has 3 N–H and O–H groups in total. The monoisotopic (exact) mass is 214 g/mol. The van der Waals surface area contributed by atoms with Crippen LogP contribution in [-0.2, 0) is 9.53 Å². The van der Waals surface area contributed by atoms with E-state index in [1.165, 1.54) is 0 Å². The average Bonchev–Trinajstić information content (AvgIpc) is 2.65. The molecule has 0 saturated carbocycles. The highest BCUT2D eigenvalue weighted by Gasteiger charge is 2.27. The molecule has 1 aliphatic heterocycles. The van der Waals surface area contributed by atoms with Crippen LogP contribution in [-0.4, -0.2) is 31.2 Å². The van der Waals surface area contributed by atoms with E-state index in [1.807, 2.05) is 6.92 Å². The van der Waals surface area contributed by atoms with Crippen molar-refractivity contribution < 1.29 is 9.53 Å². The molecule has 1 aliphatic rings. The van der Waals surface area contributed by atoms with Gasteiger partial charge in [-0.25, -0.2) is 0 Å². The fraction of sp³-hybridized carbons (Fsp3) is 0.909. The molecule has 0 spiro atoms. The Bertz CT molecular complexity index is 209. The smallest absolute Gasteiger partial charge is 0.234 e. The molecule has 1 amide bonds. The molecule has 4 nitrogen and oxygen atoms in total. The number of carbonyl (C=O) groups excluding carboxylic acids is 1. The maximum absolute atomic E-state index is 11.0. The Morgan fingerprint density at radius 1 is 1.60 bits per heavy atom. The first kappa shape index (κ1) is 12.5. The minimum absolute atomic E-state index is 0.192. The van der Waals surface area contributed by atoms with Crippen molar-refractivity contribution in [1.29, 1.82) is 0 Å². The van der Waals surface area contributed by atoms with Gasteiger partial charge in [-0.3, -0.25) is 4.79 Å². The number of nitrogens with two attached hydrogens (primary N) is 1. The van der Waals surface area contributed by atoms with Crippen molar-refractivity contribution >= 4 is 5.91 Å². The highest BCUT2D eigenvalue weighted by molar-refractivity contribution is 5.79. The average molecular weight is 214 g/mol. The molecule has 1 fully saturated rings. The van der Waals surface area contributed by atoms with Gasteiger partial charge in [0.15, 0.2) is 0 Å². The van der Waals surface area contributed by atoms with Crippen molar-refractivity contribution in [3.63, 3.8) is 0 Å². The fourth-order valence-corrected chi connectivity index (χ4v) is 2.12. The summed E-state index contributed by atoms with van der Waals surface area (Å²) in [7, 11) is 0. The molecule has 3 atom stereocenters. The van der Waals surface area contributed by atoms with Crippen molar-refractivity contribution in [3.8, 4) is 0 Å². The first-order valence-corrected chi connectivity index (χ1v) is 5.83. The van der Waals surface area contributed by atoms with E-state index >= 15 is 0 Å². The van der Waals surface area contributed by atoms with Gasteiger partial charge in [0.05, 0.1) is 12.1 Å². The molecule has 0 aromatic heterocycles. The van der Waals surface area contributed by atoms with Crippen LogP contribution in [0.4, 0.5) is 0 Å². The van der Waals surface area contributed by atoms with E-state index < -0.39 is 0 Å². The standard InChI is InChI=1S/C11H22N2O2/c1-3-9(11(12)14)13-7-8-5-6-15-10(8)4-2/h8-10,13H,3-7H2,1-2H3,(H2,12,14). The Balaban J connectivity index is 2.32. The summed E-state index contributed by atoms with van der Waals surface area (Å²) >= 11 is 0. The lowest BCUT2D eigenvalue weighted by atomic mass is 9.99. The van der Waals surface area contributed by atoms with E-state index in [1.54, 1.807) is 0 Å². The summed E-state index contributed by atoms with van der Waals surface area (Å²) in [5, 5.41) is 3.22. The van der Waals surface area contributed by atoms with Gasteiger partial charge in [0, 0.05) is 13.2 Å². The quantitative estimate of drug-likeness (QED) is 0.682. The summed E-state index contributed by atoms with van der Waals surface area (Å²) in [6.45, 7) is 5.78. The highest BCUT2D eigenvalue weighted by Crippen LogP contribution is 2.22. The number of carbonyl (C=O) groups is 1. The zero-order valence-electron chi connectivity index (χ0n) is 9.66. The maximum atomic E-state index is 11.0. The number of hydrogen-bond acceptors (Lipinski definition) is 3. The van der Waals surface area contributed by atoms with Crippen LogP contribution in [0.1, 0.15) is 33.1 Å². The van der Waals surface area contributed by atoms with E-state index in [9.17, 15) is 4.79 Å². The molecular formula is C11H22N2O2. The van der Waals surface area contributed by atoms with Gasteiger partial charge in [-0.15, -0.1) is 0 Å². The third-order valence-corrected chi connectivity index (χ3v) is 3.13. The lowest BCUT2D eigenvalue weighted by Gasteiger charge is -2.20. The molecule has 4 heteroatoms. The van der Waals surface area contributed by atoms with Gasteiger partial charge in [-0.1, -0.05) is 13.8 Å². The molecule has 0 bridgehead atoms. The topological polar surface area (TPSA) is 64.3 Å². The van der Waals surface area contributed by atoms with E-state index in [0.29, 0.717) is 12.0 Å². The van der Waals surface area contributed by atoms with Crippen LogP contribution in [0.3, 0.4) is 0 Å². The van der Waals surface area contributed by atoms with Crippen LogP contribution >= 0.6 is 0 Å². The van der Waals surface area contributed by atoms with Crippen molar-refractivity contribution in [2.24, 2.45) is 11.7 Å². The molecule has 0 aliphatic carbocycles. The summed E-state index contributed by atoms with van der Waals surface area (Å²) in [6, 6.07) is -0.192. The number of hydrogen-bond donors (Lipinski definition) is 2. The molecule has 88 valence electrons. The molecule has 0 aromatic rings. The number of ether oxygens (including phenoxy) is 1. The second-order valence-corrected chi connectivity index (χ2v) is 4.14. The van der Waals surface area contributed by atoms with Gasteiger partial charge in [-0.2, -0.15) is 0 Å². The molecule has 0 radical (unpaired) electrons. The molecule has 0 aromatic carbocycles. The predicted octanol–water partition coefficient (Wildman–Crippen LogP) is 0.655. The normalized spacial score (nSPS) is 27.9. The van der Waals surface area contributed by atoms with Crippen molar-refractivity contribution in [2.75, 3.05) is 13.2 Å². The number of nitrogens with one attached hydrogen (secondary N) is 1. The molecule has 15 heavy (non-hydrogen) atoms. The van der Waals surface area contributed by atoms with Gasteiger partial charge in [0.25, 0.3) is 0 Å². The summed E-state index contributed by atoms with van der Waals surface area (Å²) < 4.78 is 5.58. The van der Waals surface area contributed by atoms with E-state index in [2.05, 4.69) is 12.2 Å². The van der Waals surface area contributed by atoms with Gasteiger partial charge in [0.1, 0.15) is 0 Å². The van der Waals surface area contributed by atoms with Crippen molar-refractivity contribution in [2.45, 2.75) is 45.3 Å². The predicted molar refractivity (Wildman–Crippen MR) is 59.4 cm³/mol. The minimum atomic E-state index is -0.260. The fourth-order valence-electron chi connectivity index (χ4n) is 2.12. The first-order chi connectivity index (χ1) is 7.19. The molecule has 1 heterocycles. The summed E-state index contributed by atoms with van der Waals surface area (Å²) in [6.07, 6.45) is 3.23. The Hall–Kier alpha value is -0.610. The second kappa shape index (κ2) is 6.08. The Kier molecular flexibility index (Phi) is 5.05. The van der Waals surface area contributed by atoms with Crippen molar-refractivity contribution in [3.05, 3.63) is 0 Å². The second-order valence-electron chi connectivity index (χ2n) is 4.14. The molecule has 1 saturated heterocycles. The largest absolute Gasteiger partial charge is 0.378 e. The minimum Gasteiger partial charge on any atom is -0.378 e. The molecule has 1 rings (SSSR count). The van der Waals surface area contributed by atoms with Gasteiger partial charge < -0.3 is 15.8 Å². The summed E-state index contributed by atoms with van der Waals surface area (Å²) in [4.78, 5) is 11.0. The third kappa shape index (κ3) is 3.47. The number of primary amides is 1. The highest BCUT2D eigenvalue weighted by atomic mass is 16.5. The maximum Gasteiger partial charge on any atom is 0.234 e. The summed E-state index contributed by atoms with van der Waals surface area (Å²) in [5.41, 5.74) is 5.27. The van der Waals surface area contributed by atoms with Crippen LogP contribution in [0.25, 0.3) is 0 Å². The van der Waals surface area contributed by atoms with Crippen LogP contribution in [0.15, 0.2) is 0 Å². The SMILES string of the molecule is CCC(NCC1CCOC1CC)C(N)=O. The van der Waals surface area contributed by atoms with Crippen LogP contribution in [0, 0.1) is 5.92 Å². The van der Waals surface area contributed by atoms with Gasteiger partial charge in [-0.05, 0) is 25.2 Å². The number of rotatable bonds is 6. The van der Waals surface area contributed by atoms with E-state index in [4.69, 9.17) is 10.5 Å². The first-order valence-electron chi connectivity index (χ1n) is 5.83. The number of amides is 1. The Labute approximate surface area is 91.5 Å². The van der Waals surface area contributed by atoms with Crippen molar-refractivity contribution in [1.82, 2.24) is 5.32 Å². The van der Waals surface area contributed by atoms with Gasteiger partial charge >= 0.3 is 0 Å². The Morgan fingerprint density at radius 2 is 2.33 bits per heavy atom. The van der Waals surface area contributed by atoms with Crippen LogP contribution in [0.2, 0.25) is 0 Å². The summed E-state index contributed by atoms with van der Waals surface area (Å²) in [5.74, 6) is 0.271. The zero-order valence-corrected chi connectivity index (χ0v) is 9.66. The van der Waals surface area contributed by atoms with Crippen LogP contribution in [0.5, 0.6) is 0 Å². The van der Waals surface area contributed by atoms with E-state index in [0.717, 1.165) is 32.4 Å². The molecular weight excluding hydrogens is 192 g/mol. The van der Waals surface area contributed by atoms with E-state index in [-0.39, 0.29) is 11.9 Å². The third-order valence-electron chi connectivity index (χ3n) is 3.13. The van der Waals surface area contributed by atoms with Gasteiger partial charge in [0.2, 0.25) is 5.91 Å².